The van der Waals surface area contributed by atoms with E-state index >= 15 is 0 Å². The Kier molecular flexibility index (Phi) is 13.4. The van der Waals surface area contributed by atoms with Gasteiger partial charge in [0.25, 0.3) is 0 Å². The number of carbonyl (C=O) groups is 4. The molecule has 0 aliphatic rings. The first kappa shape index (κ1) is 47.0. The van der Waals surface area contributed by atoms with E-state index in [2.05, 4.69) is 31.2 Å². The highest BCUT2D eigenvalue weighted by molar-refractivity contribution is 5.90. The molecule has 2 heterocycles. The molecule has 4 rings (SSSR count). The molecule has 4 amide bonds. The predicted molar refractivity (Wildman–Crippen MR) is 235 cm³/mol. The molecule has 0 aliphatic carbocycles. The third-order valence-electron chi connectivity index (χ3n) is 9.48. The van der Waals surface area contributed by atoms with E-state index in [1.165, 1.54) is 0 Å². The Morgan fingerprint density at radius 2 is 0.767 bits per heavy atom. The zero-order chi connectivity index (χ0) is 45.2. The molecule has 0 fully saturated rings. The van der Waals surface area contributed by atoms with Crippen molar-refractivity contribution in [3.8, 4) is 33.6 Å². The van der Waals surface area contributed by atoms with E-state index in [1.54, 1.807) is 69.2 Å². The number of nitrogens with zero attached hydrogens (tertiary/aromatic N) is 2. The van der Waals surface area contributed by atoms with Crippen LogP contribution in [0.15, 0.2) is 60.9 Å². The average Bonchev–Trinajstić information content (AvgIpc) is 3.77. The topological polar surface area (TPSA) is 192 Å². The SMILES string of the molecule is CC(C)(C)OC(=O)NC(C)(C)C(=O)NC(c1nc(-c2ccc(-c3ccc(-c4c[nH]c(C(NC(=O)C(C)(C)NC(=O)OC(C)(C)C)C(C)(C)C)n4)cc3)cc2)c[nH]1)C(C)(C)C. The van der Waals surface area contributed by atoms with Crippen LogP contribution < -0.4 is 21.3 Å². The van der Waals surface area contributed by atoms with Gasteiger partial charge in [-0.05, 0) is 91.2 Å². The van der Waals surface area contributed by atoms with E-state index in [9.17, 15) is 19.2 Å². The molecule has 2 atom stereocenters. The van der Waals surface area contributed by atoms with Gasteiger partial charge in [0.2, 0.25) is 11.8 Å². The van der Waals surface area contributed by atoms with Crippen LogP contribution >= 0.6 is 0 Å². The normalized spacial score (nSPS) is 13.8. The maximum Gasteiger partial charge on any atom is 0.408 e. The van der Waals surface area contributed by atoms with E-state index < -0.39 is 57.4 Å². The van der Waals surface area contributed by atoms with Gasteiger partial charge in [0.15, 0.2) is 0 Å². The minimum atomic E-state index is -1.24. The van der Waals surface area contributed by atoms with Gasteiger partial charge < -0.3 is 40.7 Å². The second-order valence-corrected chi connectivity index (χ2v) is 20.5. The summed E-state index contributed by atoms with van der Waals surface area (Å²) in [5, 5.41) is 11.5. The second-order valence-electron chi connectivity index (χ2n) is 20.5. The summed E-state index contributed by atoms with van der Waals surface area (Å²) < 4.78 is 10.7. The Morgan fingerprint density at radius 3 is 1.03 bits per heavy atom. The molecule has 4 aromatic rings. The number of rotatable bonds is 11. The molecular weight excluding hydrogens is 761 g/mol. The number of hydrogen-bond acceptors (Lipinski definition) is 8. The standard InChI is InChI=1S/C46H66N8O6/c1-41(2,3)33(51-37(55)45(13,14)53-39(57)59-43(7,8)9)35-47-25-31(49-35)29-21-17-27(18-22-29)28-19-23-30(24-20-28)32-26-48-36(50-32)34(42(4,5)6)52-38(56)46(15,16)54-40(58)60-44(10,11)12/h17-26,33-34H,1-16H3,(H,47,49)(H,48,50)(H,51,55)(H,52,56)(H,53,57)(H,54,58). The molecule has 14 nitrogen and oxygen atoms in total. The molecule has 0 radical (unpaired) electrons. The van der Waals surface area contributed by atoms with E-state index in [4.69, 9.17) is 19.4 Å². The molecule has 0 bridgehead atoms. The van der Waals surface area contributed by atoms with Crippen LogP contribution in [-0.4, -0.2) is 66.2 Å². The number of ether oxygens (including phenoxy) is 2. The van der Waals surface area contributed by atoms with Gasteiger partial charge in [-0.3, -0.25) is 9.59 Å². The number of nitrogens with one attached hydrogen (secondary N) is 6. The lowest BCUT2D eigenvalue weighted by molar-refractivity contribution is -0.128. The zero-order valence-corrected chi connectivity index (χ0v) is 38.3. The van der Waals surface area contributed by atoms with Crippen molar-refractivity contribution in [2.24, 2.45) is 10.8 Å². The number of aromatic nitrogens is 4. The van der Waals surface area contributed by atoms with Gasteiger partial charge in [0.05, 0.1) is 23.5 Å². The fourth-order valence-electron chi connectivity index (χ4n) is 6.18. The molecule has 0 saturated heterocycles. The quantitative estimate of drug-likeness (QED) is 0.0862. The van der Waals surface area contributed by atoms with Crippen molar-refractivity contribution in [1.29, 1.82) is 0 Å². The van der Waals surface area contributed by atoms with E-state index in [0.29, 0.717) is 11.6 Å². The Hall–Kier alpha value is -5.66. The fraction of sp³-hybridized carbons (Fsp3) is 0.522. The number of carbonyl (C=O) groups excluding carboxylic acids is 4. The molecule has 14 heteroatoms. The highest BCUT2D eigenvalue weighted by Crippen LogP contribution is 2.35. The summed E-state index contributed by atoms with van der Waals surface area (Å²) in [6, 6.07) is 15.2. The minimum Gasteiger partial charge on any atom is -0.444 e. The summed E-state index contributed by atoms with van der Waals surface area (Å²) in [6.07, 6.45) is 2.30. The smallest absolute Gasteiger partial charge is 0.408 e. The van der Waals surface area contributed by atoms with Crippen molar-refractivity contribution >= 4 is 24.0 Å². The van der Waals surface area contributed by atoms with Crippen LogP contribution in [-0.2, 0) is 19.1 Å². The third kappa shape index (κ3) is 12.7. The summed E-state index contributed by atoms with van der Waals surface area (Å²) in [5.74, 6) is 0.441. The summed E-state index contributed by atoms with van der Waals surface area (Å²) >= 11 is 0. The summed E-state index contributed by atoms with van der Waals surface area (Å²) in [4.78, 5) is 68.2. The highest BCUT2D eigenvalue weighted by atomic mass is 16.6. The Bertz CT molecular complexity index is 1980. The predicted octanol–water partition coefficient (Wildman–Crippen LogP) is 9.15. The molecule has 0 spiro atoms. The maximum absolute atomic E-state index is 13.5. The number of hydrogen-bond donors (Lipinski definition) is 6. The van der Waals surface area contributed by atoms with Crippen LogP contribution in [0.4, 0.5) is 9.59 Å². The van der Waals surface area contributed by atoms with Gasteiger partial charge in [-0.15, -0.1) is 0 Å². The second kappa shape index (κ2) is 17.1. The first-order valence-electron chi connectivity index (χ1n) is 20.3. The van der Waals surface area contributed by atoms with Crippen molar-refractivity contribution in [2.75, 3.05) is 0 Å². The summed E-state index contributed by atoms with van der Waals surface area (Å²) in [6.45, 7) is 29.2. The summed E-state index contributed by atoms with van der Waals surface area (Å²) in [7, 11) is 0. The number of aromatic amines is 2. The Labute approximate surface area is 355 Å². The van der Waals surface area contributed by atoms with E-state index in [-0.39, 0.29) is 11.8 Å². The van der Waals surface area contributed by atoms with Gasteiger partial charge in [-0.1, -0.05) is 90.1 Å². The Balaban J connectivity index is 1.46. The van der Waals surface area contributed by atoms with Crippen molar-refractivity contribution in [3.05, 3.63) is 72.6 Å². The molecular formula is C46H66N8O6. The van der Waals surface area contributed by atoms with Crippen molar-refractivity contribution in [1.82, 2.24) is 41.2 Å². The van der Waals surface area contributed by atoms with Crippen molar-refractivity contribution in [2.45, 2.75) is 145 Å². The lowest BCUT2D eigenvalue weighted by Gasteiger charge is -2.34. The number of alkyl carbamates (subject to hydrolysis) is 2. The molecule has 326 valence electrons. The molecule has 2 unspecified atom stereocenters. The van der Waals surface area contributed by atoms with Crippen LogP contribution in [0.3, 0.4) is 0 Å². The molecule has 2 aromatic carbocycles. The lowest BCUT2D eigenvalue weighted by atomic mass is 9.85. The van der Waals surface area contributed by atoms with E-state index in [1.807, 2.05) is 102 Å². The average molecular weight is 827 g/mol. The number of H-pyrrole nitrogens is 2. The van der Waals surface area contributed by atoms with Gasteiger partial charge in [0, 0.05) is 23.5 Å². The van der Waals surface area contributed by atoms with Crippen molar-refractivity contribution < 1.29 is 28.7 Å². The van der Waals surface area contributed by atoms with Gasteiger partial charge >= 0.3 is 12.2 Å². The van der Waals surface area contributed by atoms with Gasteiger partial charge in [-0.2, -0.15) is 0 Å². The molecule has 6 N–H and O–H groups in total. The summed E-state index contributed by atoms with van der Waals surface area (Å²) in [5.41, 5.74) is 0.573. The van der Waals surface area contributed by atoms with Crippen molar-refractivity contribution in [3.63, 3.8) is 0 Å². The first-order valence-corrected chi connectivity index (χ1v) is 20.3. The first-order chi connectivity index (χ1) is 27.3. The van der Waals surface area contributed by atoms with Gasteiger partial charge in [0.1, 0.15) is 33.9 Å². The molecule has 60 heavy (non-hydrogen) atoms. The van der Waals surface area contributed by atoms with Crippen LogP contribution in [0, 0.1) is 10.8 Å². The molecule has 2 aromatic heterocycles. The maximum atomic E-state index is 13.5. The van der Waals surface area contributed by atoms with Crippen LogP contribution in [0.1, 0.15) is 135 Å². The molecule has 0 aliphatic heterocycles. The third-order valence-corrected chi connectivity index (χ3v) is 9.48. The lowest BCUT2D eigenvalue weighted by Crippen LogP contribution is -2.57. The van der Waals surface area contributed by atoms with Crippen LogP contribution in [0.25, 0.3) is 33.6 Å². The van der Waals surface area contributed by atoms with Gasteiger partial charge in [-0.25, -0.2) is 19.6 Å². The Morgan fingerprint density at radius 1 is 0.483 bits per heavy atom. The zero-order valence-electron chi connectivity index (χ0n) is 38.3. The number of amides is 4. The fourth-order valence-corrected chi connectivity index (χ4v) is 6.18. The number of imidazole rings is 2. The molecule has 0 saturated carbocycles. The van der Waals surface area contributed by atoms with E-state index in [0.717, 1.165) is 33.6 Å². The largest absolute Gasteiger partial charge is 0.444 e. The monoisotopic (exact) mass is 827 g/mol. The van der Waals surface area contributed by atoms with Crippen LogP contribution in [0.2, 0.25) is 0 Å². The highest BCUT2D eigenvalue weighted by Gasteiger charge is 2.39. The van der Waals surface area contributed by atoms with Crippen LogP contribution in [0.5, 0.6) is 0 Å². The minimum absolute atomic E-state index is 0.373. The number of benzene rings is 2.